The van der Waals surface area contributed by atoms with Crippen LogP contribution in [0.1, 0.15) is 11.3 Å². The first-order valence-electron chi connectivity index (χ1n) is 7.48. The molecule has 118 valence electrons. The number of carbonyl (C=O) groups excluding carboxylic acids is 2. The Kier molecular flexibility index (Phi) is 4.23. The van der Waals surface area contributed by atoms with Crippen LogP contribution in [0.3, 0.4) is 0 Å². The molecule has 0 spiro atoms. The number of nitrogens with one attached hydrogen (secondary N) is 2. The lowest BCUT2D eigenvalue weighted by atomic mass is 10.1. The minimum absolute atomic E-state index is 0.0666. The molecular formula is C17H18N4O2. The third kappa shape index (κ3) is 3.48. The zero-order chi connectivity index (χ0) is 16.2. The van der Waals surface area contributed by atoms with Crippen LogP contribution in [0, 0.1) is 0 Å². The fourth-order valence-corrected chi connectivity index (χ4v) is 2.57. The number of amides is 3. The fourth-order valence-electron chi connectivity index (χ4n) is 2.57. The average molecular weight is 310 g/mol. The highest BCUT2D eigenvalue weighted by molar-refractivity contribution is 6.01. The molecule has 2 heterocycles. The second kappa shape index (κ2) is 6.48. The Bertz CT molecular complexity index is 731. The van der Waals surface area contributed by atoms with Crippen LogP contribution in [0.4, 0.5) is 16.2 Å². The van der Waals surface area contributed by atoms with Crippen molar-refractivity contribution in [2.75, 3.05) is 23.8 Å². The van der Waals surface area contributed by atoms with Crippen LogP contribution >= 0.6 is 0 Å². The zero-order valence-electron chi connectivity index (χ0n) is 12.9. The van der Waals surface area contributed by atoms with Crippen LogP contribution in [-0.4, -0.2) is 30.5 Å². The second-order valence-corrected chi connectivity index (χ2v) is 5.42. The smallest absolute Gasteiger partial charge is 0.319 e. The molecule has 0 atom stereocenters. The van der Waals surface area contributed by atoms with Gasteiger partial charge in [0.25, 0.3) is 0 Å². The molecule has 1 aromatic heterocycles. The number of urea groups is 1. The first-order chi connectivity index (χ1) is 11.1. The quantitative estimate of drug-likeness (QED) is 0.906. The van der Waals surface area contributed by atoms with Crippen molar-refractivity contribution in [3.8, 4) is 0 Å². The first-order valence-corrected chi connectivity index (χ1v) is 7.48. The van der Waals surface area contributed by atoms with E-state index in [1.54, 1.807) is 24.2 Å². The first kappa shape index (κ1) is 15.0. The largest absolute Gasteiger partial charge is 0.337 e. The van der Waals surface area contributed by atoms with E-state index in [2.05, 4.69) is 15.6 Å². The van der Waals surface area contributed by atoms with Gasteiger partial charge in [0.15, 0.2) is 0 Å². The van der Waals surface area contributed by atoms with Crippen molar-refractivity contribution in [3.63, 3.8) is 0 Å². The summed E-state index contributed by atoms with van der Waals surface area (Å²) in [6, 6.07) is 10.9. The number of fused-ring (bicyclic) bond motifs is 1. The molecule has 0 saturated carbocycles. The van der Waals surface area contributed by atoms with Crippen molar-refractivity contribution in [2.45, 2.75) is 12.8 Å². The number of rotatable bonds is 4. The SMILES string of the molecule is CN1C(=O)Cc2cc(NC(=O)NCCc3ccccn3)ccc21. The summed E-state index contributed by atoms with van der Waals surface area (Å²) < 4.78 is 0. The van der Waals surface area contributed by atoms with Gasteiger partial charge in [-0.3, -0.25) is 9.78 Å². The Balaban J connectivity index is 1.53. The number of pyridine rings is 1. The van der Waals surface area contributed by atoms with E-state index in [1.165, 1.54) is 0 Å². The van der Waals surface area contributed by atoms with Gasteiger partial charge >= 0.3 is 6.03 Å². The number of anilines is 2. The number of aromatic nitrogens is 1. The molecule has 6 nitrogen and oxygen atoms in total. The molecule has 0 saturated heterocycles. The van der Waals surface area contributed by atoms with Crippen LogP contribution in [0.5, 0.6) is 0 Å². The Labute approximate surface area is 134 Å². The fraction of sp³-hybridized carbons (Fsp3) is 0.235. The highest BCUT2D eigenvalue weighted by Crippen LogP contribution is 2.29. The molecule has 0 fully saturated rings. The third-order valence-corrected chi connectivity index (χ3v) is 3.81. The molecule has 1 aromatic carbocycles. The molecule has 0 unspecified atom stereocenters. The summed E-state index contributed by atoms with van der Waals surface area (Å²) in [6.45, 7) is 0.509. The van der Waals surface area contributed by atoms with Gasteiger partial charge in [0.2, 0.25) is 5.91 Å². The summed E-state index contributed by atoms with van der Waals surface area (Å²) in [5.41, 5.74) is 3.45. The van der Waals surface area contributed by atoms with Gasteiger partial charge in [-0.25, -0.2) is 4.79 Å². The Morgan fingerprint density at radius 3 is 2.96 bits per heavy atom. The van der Waals surface area contributed by atoms with Gasteiger partial charge < -0.3 is 15.5 Å². The van der Waals surface area contributed by atoms with Crippen LogP contribution in [-0.2, 0) is 17.6 Å². The molecule has 23 heavy (non-hydrogen) atoms. The molecule has 1 aliphatic heterocycles. The maximum Gasteiger partial charge on any atom is 0.319 e. The van der Waals surface area contributed by atoms with E-state index >= 15 is 0 Å². The van der Waals surface area contributed by atoms with Gasteiger partial charge in [-0.2, -0.15) is 0 Å². The minimum atomic E-state index is -0.265. The van der Waals surface area contributed by atoms with Crippen molar-refractivity contribution in [1.82, 2.24) is 10.3 Å². The molecule has 3 amide bonds. The molecule has 0 radical (unpaired) electrons. The number of benzene rings is 1. The Morgan fingerprint density at radius 2 is 2.17 bits per heavy atom. The average Bonchev–Trinajstić information content (AvgIpc) is 2.82. The lowest BCUT2D eigenvalue weighted by Gasteiger charge is -2.11. The van der Waals surface area contributed by atoms with E-state index in [9.17, 15) is 9.59 Å². The summed E-state index contributed by atoms with van der Waals surface area (Å²) in [5.74, 6) is 0.0666. The summed E-state index contributed by atoms with van der Waals surface area (Å²) >= 11 is 0. The van der Waals surface area contributed by atoms with Crippen LogP contribution in [0.2, 0.25) is 0 Å². The van der Waals surface area contributed by atoms with Crippen molar-refractivity contribution in [2.24, 2.45) is 0 Å². The maximum atomic E-state index is 11.9. The van der Waals surface area contributed by atoms with E-state index in [0.29, 0.717) is 25.1 Å². The summed E-state index contributed by atoms with van der Waals surface area (Å²) in [5, 5.41) is 5.58. The standard InChI is InChI=1S/C17H18N4O2/c1-21-15-6-5-14(10-12(15)11-16(21)22)20-17(23)19-9-7-13-4-2-3-8-18-13/h2-6,8,10H,7,9,11H2,1H3,(H2,19,20,23). The van der Waals surface area contributed by atoms with E-state index in [0.717, 1.165) is 16.9 Å². The summed E-state index contributed by atoms with van der Waals surface area (Å²) in [4.78, 5) is 29.4. The van der Waals surface area contributed by atoms with Gasteiger partial charge in [-0.05, 0) is 35.9 Å². The number of carbonyl (C=O) groups is 2. The van der Waals surface area contributed by atoms with Crippen molar-refractivity contribution in [3.05, 3.63) is 53.9 Å². The molecule has 3 rings (SSSR count). The zero-order valence-corrected chi connectivity index (χ0v) is 12.9. The van der Waals surface area contributed by atoms with Crippen molar-refractivity contribution < 1.29 is 9.59 Å². The number of hydrogen-bond acceptors (Lipinski definition) is 3. The van der Waals surface area contributed by atoms with Crippen LogP contribution in [0.15, 0.2) is 42.6 Å². The highest BCUT2D eigenvalue weighted by atomic mass is 16.2. The lowest BCUT2D eigenvalue weighted by molar-refractivity contribution is -0.117. The maximum absolute atomic E-state index is 11.9. The second-order valence-electron chi connectivity index (χ2n) is 5.42. The number of nitrogens with zero attached hydrogens (tertiary/aromatic N) is 2. The molecular weight excluding hydrogens is 292 g/mol. The normalized spacial score (nSPS) is 12.9. The van der Waals surface area contributed by atoms with Gasteiger partial charge in [-0.15, -0.1) is 0 Å². The molecule has 2 N–H and O–H groups in total. The predicted molar refractivity (Wildman–Crippen MR) is 88.5 cm³/mol. The Hall–Kier alpha value is -2.89. The molecule has 6 heteroatoms. The molecule has 0 bridgehead atoms. The van der Waals surface area contributed by atoms with Gasteiger partial charge in [0.1, 0.15) is 0 Å². The molecule has 2 aromatic rings. The predicted octanol–water partition coefficient (Wildman–Crippen LogP) is 1.96. The van der Waals surface area contributed by atoms with E-state index in [4.69, 9.17) is 0 Å². The summed E-state index contributed by atoms with van der Waals surface area (Å²) in [6.07, 6.45) is 2.79. The van der Waals surface area contributed by atoms with E-state index < -0.39 is 0 Å². The van der Waals surface area contributed by atoms with Crippen molar-refractivity contribution >= 4 is 23.3 Å². The third-order valence-electron chi connectivity index (χ3n) is 3.81. The van der Waals surface area contributed by atoms with Gasteiger partial charge in [0.05, 0.1) is 6.42 Å². The Morgan fingerprint density at radius 1 is 1.30 bits per heavy atom. The van der Waals surface area contributed by atoms with Crippen LogP contribution in [0.25, 0.3) is 0 Å². The molecule has 0 aliphatic carbocycles. The summed E-state index contributed by atoms with van der Waals surface area (Å²) in [7, 11) is 1.76. The number of hydrogen-bond donors (Lipinski definition) is 2. The minimum Gasteiger partial charge on any atom is -0.337 e. The van der Waals surface area contributed by atoms with Gasteiger partial charge in [-0.1, -0.05) is 6.07 Å². The number of likely N-dealkylation sites (N-methyl/N-ethyl adjacent to an activating group) is 1. The lowest BCUT2D eigenvalue weighted by Crippen LogP contribution is -2.30. The topological polar surface area (TPSA) is 74.3 Å². The van der Waals surface area contributed by atoms with Crippen LogP contribution < -0.4 is 15.5 Å². The van der Waals surface area contributed by atoms with Crippen molar-refractivity contribution in [1.29, 1.82) is 0 Å². The monoisotopic (exact) mass is 310 g/mol. The van der Waals surface area contributed by atoms with E-state index in [-0.39, 0.29) is 11.9 Å². The highest BCUT2D eigenvalue weighted by Gasteiger charge is 2.23. The van der Waals surface area contributed by atoms with E-state index in [1.807, 2.05) is 30.3 Å². The molecule has 1 aliphatic rings. The van der Waals surface area contributed by atoms with Gasteiger partial charge in [0, 0.05) is 43.3 Å².